The Labute approximate surface area is 238 Å². The zero-order chi connectivity index (χ0) is 19.2. The second-order valence-electron chi connectivity index (χ2n) is 5.22. The Morgan fingerprint density at radius 3 is 1.03 bits per heavy atom. The van der Waals surface area contributed by atoms with Crippen LogP contribution in [0, 0.1) is 0 Å². The molecule has 0 saturated carbocycles. The molecule has 11 heteroatoms. The predicted molar refractivity (Wildman–Crippen MR) is 119 cm³/mol. The van der Waals surface area contributed by atoms with Crippen LogP contribution in [0.15, 0.2) is 36.4 Å². The molecule has 0 bridgehead atoms. The fourth-order valence-electron chi connectivity index (χ4n) is 2.46. The Hall–Kier alpha value is 1.43. The number of hydrogen-bond acceptors (Lipinski definition) is 0. The van der Waals surface area contributed by atoms with E-state index in [-0.39, 0.29) is 50.7 Å². The van der Waals surface area contributed by atoms with Crippen molar-refractivity contribution >= 4 is 114 Å². The summed E-state index contributed by atoms with van der Waals surface area (Å²) in [5, 5.41) is 6.40. The van der Waals surface area contributed by atoms with Crippen molar-refractivity contribution in [3.8, 4) is 0 Å². The third-order valence-corrected chi connectivity index (χ3v) is 7.40. The molecule has 4 rings (SSSR count). The molecule has 0 aliphatic heterocycles. The first-order chi connectivity index (χ1) is 12.3. The molecular formula is C18H6Cl10Hf. The maximum atomic E-state index is 5.97. The summed E-state index contributed by atoms with van der Waals surface area (Å²) in [5.41, 5.74) is 0. The fraction of sp³-hybridized carbons (Fsp3) is 0. The van der Waals surface area contributed by atoms with Crippen LogP contribution in [0.1, 0.15) is 0 Å². The Bertz CT molecular complexity index is 955. The maximum Gasteiger partial charge on any atom is 4.00 e. The summed E-state index contributed by atoms with van der Waals surface area (Å²) in [7, 11) is 0. The van der Waals surface area contributed by atoms with Crippen LogP contribution in [0.3, 0.4) is 0 Å². The second kappa shape index (κ2) is 12.6. The van der Waals surface area contributed by atoms with Crippen molar-refractivity contribution in [2.45, 2.75) is 0 Å². The average Bonchev–Trinajstić information content (AvgIpc) is 3.31. The normalized spacial score (nSPS) is 9.93. The third kappa shape index (κ3) is 5.87. The van der Waals surface area contributed by atoms with Gasteiger partial charge in [0.15, 0.2) is 0 Å². The zero-order valence-electron chi connectivity index (χ0n) is 13.7. The SMILES string of the molecule is Clc1c(Cl)c(Cl)c2[cH-]ccc2c1Cl.Clc1c(Cl)c(Cl)c2[cH-]ccc2c1Cl.[Cl-].[Cl-].[Hf+4]. The van der Waals surface area contributed by atoms with E-state index in [1.807, 2.05) is 36.4 Å². The molecule has 0 heterocycles. The van der Waals surface area contributed by atoms with Crippen molar-refractivity contribution in [1.82, 2.24) is 0 Å². The van der Waals surface area contributed by atoms with Gasteiger partial charge in [-0.15, -0.1) is 56.9 Å². The van der Waals surface area contributed by atoms with Crippen LogP contribution >= 0.6 is 92.8 Å². The average molecular weight is 755 g/mol. The summed E-state index contributed by atoms with van der Waals surface area (Å²) in [4.78, 5) is 0. The topological polar surface area (TPSA) is 0 Å². The van der Waals surface area contributed by atoms with Crippen LogP contribution in [-0.4, -0.2) is 0 Å². The molecule has 4 aromatic carbocycles. The van der Waals surface area contributed by atoms with Gasteiger partial charge in [0, 0.05) is 20.1 Å². The Morgan fingerprint density at radius 2 is 0.724 bits per heavy atom. The quantitative estimate of drug-likeness (QED) is 0.109. The van der Waals surface area contributed by atoms with E-state index in [0.29, 0.717) is 40.2 Å². The summed E-state index contributed by atoms with van der Waals surface area (Å²) >= 11 is 47.4. The zero-order valence-corrected chi connectivity index (χ0v) is 24.9. The van der Waals surface area contributed by atoms with E-state index >= 15 is 0 Å². The monoisotopic (exact) mass is 752 g/mol. The molecule has 0 unspecified atom stereocenters. The number of benzene rings is 2. The van der Waals surface area contributed by atoms with Gasteiger partial charge in [0.2, 0.25) is 0 Å². The van der Waals surface area contributed by atoms with Gasteiger partial charge in [-0.25, -0.2) is 0 Å². The van der Waals surface area contributed by atoms with Gasteiger partial charge in [0.05, 0.1) is 10.0 Å². The summed E-state index contributed by atoms with van der Waals surface area (Å²) in [5.74, 6) is 0. The van der Waals surface area contributed by atoms with E-state index in [1.54, 1.807) is 0 Å². The molecule has 0 fully saturated rings. The number of halogens is 10. The van der Waals surface area contributed by atoms with Crippen molar-refractivity contribution in [3.05, 3.63) is 76.6 Å². The summed E-state index contributed by atoms with van der Waals surface area (Å²) < 4.78 is 0. The molecule has 0 spiro atoms. The van der Waals surface area contributed by atoms with Crippen LogP contribution in [0.2, 0.25) is 40.2 Å². The minimum Gasteiger partial charge on any atom is -1.00 e. The first-order valence-corrected chi connectivity index (χ1v) is 10.0. The molecule has 29 heavy (non-hydrogen) atoms. The van der Waals surface area contributed by atoms with Gasteiger partial charge in [0.1, 0.15) is 0 Å². The van der Waals surface area contributed by atoms with Crippen LogP contribution < -0.4 is 24.8 Å². The number of fused-ring (bicyclic) bond motifs is 2. The van der Waals surface area contributed by atoms with Crippen molar-refractivity contribution in [2.24, 2.45) is 0 Å². The number of rotatable bonds is 0. The molecular weight excluding hydrogens is 749 g/mol. The van der Waals surface area contributed by atoms with Crippen molar-refractivity contribution in [1.29, 1.82) is 0 Å². The molecule has 4 aromatic rings. The van der Waals surface area contributed by atoms with Crippen LogP contribution in [0.4, 0.5) is 0 Å². The van der Waals surface area contributed by atoms with Gasteiger partial charge in [-0.1, -0.05) is 69.6 Å². The van der Waals surface area contributed by atoms with Gasteiger partial charge in [0.25, 0.3) is 0 Å². The Kier molecular flexibility index (Phi) is 13.2. The molecule has 0 saturated heterocycles. The molecule has 152 valence electrons. The standard InChI is InChI=1S/2C9H3Cl4.2ClH.Hf/c2*10-6-4-2-1-3-5(4)7(11)9(13)8(6)12;;;/h2*1-3H;2*1H;/q2*-1;;;+4/p-2. The van der Waals surface area contributed by atoms with E-state index in [9.17, 15) is 0 Å². The van der Waals surface area contributed by atoms with E-state index in [1.165, 1.54) is 0 Å². The van der Waals surface area contributed by atoms with E-state index in [2.05, 4.69) is 0 Å². The van der Waals surface area contributed by atoms with Crippen molar-refractivity contribution in [2.75, 3.05) is 0 Å². The fourth-order valence-corrected chi connectivity index (χ4v) is 4.48. The van der Waals surface area contributed by atoms with Crippen LogP contribution in [-0.2, 0) is 25.8 Å². The molecule has 0 aliphatic carbocycles. The van der Waals surface area contributed by atoms with Gasteiger partial charge >= 0.3 is 25.8 Å². The molecule has 0 atom stereocenters. The van der Waals surface area contributed by atoms with E-state index in [0.717, 1.165) is 21.5 Å². The van der Waals surface area contributed by atoms with Gasteiger partial charge in [-0.05, 0) is 10.0 Å². The largest absolute Gasteiger partial charge is 4.00 e. The minimum absolute atomic E-state index is 0. The van der Waals surface area contributed by atoms with Crippen LogP contribution in [0.5, 0.6) is 0 Å². The van der Waals surface area contributed by atoms with Crippen molar-refractivity contribution < 1.29 is 50.7 Å². The predicted octanol–water partition coefficient (Wildman–Crippen LogP) is 4.35. The Balaban J connectivity index is 0.000000490. The molecule has 0 aromatic heterocycles. The maximum absolute atomic E-state index is 5.97. The van der Waals surface area contributed by atoms with E-state index < -0.39 is 0 Å². The van der Waals surface area contributed by atoms with Gasteiger partial charge < -0.3 is 24.8 Å². The van der Waals surface area contributed by atoms with Crippen molar-refractivity contribution in [3.63, 3.8) is 0 Å². The first-order valence-electron chi connectivity index (χ1n) is 7.00. The van der Waals surface area contributed by atoms with E-state index in [4.69, 9.17) is 92.8 Å². The van der Waals surface area contributed by atoms with Crippen LogP contribution in [0.25, 0.3) is 21.5 Å². The number of hydrogen-bond donors (Lipinski definition) is 0. The molecule has 0 nitrogen and oxygen atoms in total. The van der Waals surface area contributed by atoms with Gasteiger partial charge in [-0.2, -0.15) is 24.3 Å². The molecule has 0 radical (unpaired) electrons. The summed E-state index contributed by atoms with van der Waals surface area (Å²) in [6, 6.07) is 11.1. The summed E-state index contributed by atoms with van der Waals surface area (Å²) in [6.45, 7) is 0. The van der Waals surface area contributed by atoms with Gasteiger partial charge in [-0.3, -0.25) is 0 Å². The molecule has 0 aliphatic rings. The minimum atomic E-state index is 0. The smallest absolute Gasteiger partial charge is 1.00 e. The molecule has 0 amide bonds. The summed E-state index contributed by atoms with van der Waals surface area (Å²) in [6.07, 6.45) is 0. The third-order valence-electron chi connectivity index (χ3n) is 3.73. The molecule has 0 N–H and O–H groups in total. The first kappa shape index (κ1) is 30.4. The second-order valence-corrected chi connectivity index (χ2v) is 8.24. The Morgan fingerprint density at radius 1 is 0.448 bits per heavy atom.